The van der Waals surface area contributed by atoms with Crippen molar-refractivity contribution in [2.45, 2.75) is 38.0 Å². The highest BCUT2D eigenvalue weighted by atomic mass is 16.3. The minimum absolute atomic E-state index is 0.144. The number of aryl methyl sites for hydroxylation is 3. The average molecular weight is 270 g/mol. The molecule has 1 aromatic carbocycles. The topological polar surface area (TPSA) is 38.0 Å². The second-order valence-corrected chi connectivity index (χ2v) is 6.03. The van der Waals surface area contributed by atoms with E-state index in [1.807, 2.05) is 18.7 Å². The van der Waals surface area contributed by atoms with E-state index in [1.54, 1.807) is 0 Å². The van der Waals surface area contributed by atoms with Crippen LogP contribution in [-0.4, -0.2) is 21.5 Å². The van der Waals surface area contributed by atoms with Gasteiger partial charge in [-0.3, -0.25) is 4.68 Å². The molecule has 0 radical (unpaired) electrons. The lowest BCUT2D eigenvalue weighted by Gasteiger charge is -2.38. The minimum Gasteiger partial charge on any atom is -0.395 e. The Labute approximate surface area is 120 Å². The lowest BCUT2D eigenvalue weighted by Crippen LogP contribution is -2.37. The second-order valence-electron chi connectivity index (χ2n) is 6.03. The summed E-state index contributed by atoms with van der Waals surface area (Å²) in [5.74, 6) is 0. The molecule has 20 heavy (non-hydrogen) atoms. The van der Waals surface area contributed by atoms with Gasteiger partial charge in [0, 0.05) is 24.6 Å². The molecule has 0 aliphatic heterocycles. The Balaban J connectivity index is 2.02. The fourth-order valence-corrected chi connectivity index (χ4v) is 3.59. The Bertz CT molecular complexity index is 617. The van der Waals surface area contributed by atoms with Crippen molar-refractivity contribution in [3.8, 4) is 0 Å². The van der Waals surface area contributed by atoms with E-state index in [9.17, 15) is 5.11 Å². The molecule has 3 nitrogen and oxygen atoms in total. The third-order valence-electron chi connectivity index (χ3n) is 4.61. The lowest BCUT2D eigenvalue weighted by molar-refractivity contribution is 0.171. The van der Waals surface area contributed by atoms with Gasteiger partial charge in [0.05, 0.1) is 12.3 Å². The molecule has 1 aromatic heterocycles. The van der Waals surface area contributed by atoms with Crippen LogP contribution < -0.4 is 0 Å². The SMILES string of the molecule is Cc1cc(CC2(CO)CCCc3ccccc32)n(C)n1. The second kappa shape index (κ2) is 5.06. The van der Waals surface area contributed by atoms with Crippen molar-refractivity contribution in [1.29, 1.82) is 0 Å². The van der Waals surface area contributed by atoms with Gasteiger partial charge in [-0.1, -0.05) is 24.3 Å². The Kier molecular flexibility index (Phi) is 3.38. The number of aliphatic hydroxyl groups is 1. The monoisotopic (exact) mass is 270 g/mol. The number of hydrogen-bond acceptors (Lipinski definition) is 2. The van der Waals surface area contributed by atoms with E-state index < -0.39 is 0 Å². The van der Waals surface area contributed by atoms with E-state index in [4.69, 9.17) is 0 Å². The summed E-state index contributed by atoms with van der Waals surface area (Å²) in [6.45, 7) is 2.22. The first-order valence-electron chi connectivity index (χ1n) is 7.33. The predicted molar refractivity (Wildman–Crippen MR) is 79.8 cm³/mol. The molecule has 0 amide bonds. The van der Waals surface area contributed by atoms with Crippen molar-refractivity contribution in [1.82, 2.24) is 9.78 Å². The van der Waals surface area contributed by atoms with Crippen LogP contribution in [0, 0.1) is 6.92 Å². The maximum Gasteiger partial charge on any atom is 0.0596 e. The molecule has 1 heterocycles. The molecule has 1 aliphatic carbocycles. The van der Waals surface area contributed by atoms with Crippen molar-refractivity contribution < 1.29 is 5.11 Å². The van der Waals surface area contributed by atoms with Gasteiger partial charge >= 0.3 is 0 Å². The van der Waals surface area contributed by atoms with Crippen molar-refractivity contribution in [3.63, 3.8) is 0 Å². The molecule has 1 aliphatic rings. The summed E-state index contributed by atoms with van der Waals surface area (Å²) in [6, 6.07) is 10.7. The maximum atomic E-state index is 10.1. The van der Waals surface area contributed by atoms with Gasteiger partial charge in [0.15, 0.2) is 0 Å². The molecule has 1 unspecified atom stereocenters. The minimum atomic E-state index is -0.144. The van der Waals surface area contributed by atoms with E-state index in [-0.39, 0.29) is 12.0 Å². The van der Waals surface area contributed by atoms with Gasteiger partial charge in [-0.2, -0.15) is 5.10 Å². The first kappa shape index (κ1) is 13.4. The van der Waals surface area contributed by atoms with Crippen molar-refractivity contribution in [2.24, 2.45) is 7.05 Å². The average Bonchev–Trinajstić information content (AvgIpc) is 2.77. The van der Waals surface area contributed by atoms with Crippen LogP contribution in [-0.2, 0) is 25.3 Å². The highest BCUT2D eigenvalue weighted by Crippen LogP contribution is 2.39. The number of hydrogen-bond donors (Lipinski definition) is 1. The molecule has 0 saturated carbocycles. The maximum absolute atomic E-state index is 10.1. The summed E-state index contributed by atoms with van der Waals surface area (Å²) in [7, 11) is 1.99. The summed E-state index contributed by atoms with van der Waals surface area (Å²) in [5.41, 5.74) is 4.82. The molecule has 0 spiro atoms. The number of nitrogens with zero attached hydrogens (tertiary/aromatic N) is 2. The quantitative estimate of drug-likeness (QED) is 0.930. The highest BCUT2D eigenvalue weighted by Gasteiger charge is 2.36. The molecule has 0 saturated heterocycles. The molecule has 0 fully saturated rings. The van der Waals surface area contributed by atoms with Crippen LogP contribution in [0.15, 0.2) is 30.3 Å². The largest absolute Gasteiger partial charge is 0.395 e. The Morgan fingerprint density at radius 2 is 2.15 bits per heavy atom. The summed E-state index contributed by atoms with van der Waals surface area (Å²) in [6.07, 6.45) is 4.18. The van der Waals surface area contributed by atoms with Crippen LogP contribution in [0.4, 0.5) is 0 Å². The molecular weight excluding hydrogens is 248 g/mol. The van der Waals surface area contributed by atoms with Crippen molar-refractivity contribution >= 4 is 0 Å². The summed E-state index contributed by atoms with van der Waals surface area (Å²) in [4.78, 5) is 0. The Morgan fingerprint density at radius 3 is 2.85 bits per heavy atom. The third-order valence-corrected chi connectivity index (χ3v) is 4.61. The molecule has 1 atom stereocenters. The van der Waals surface area contributed by atoms with Gasteiger partial charge in [-0.05, 0) is 43.4 Å². The van der Waals surface area contributed by atoms with Crippen LogP contribution in [0.25, 0.3) is 0 Å². The van der Waals surface area contributed by atoms with Gasteiger partial charge < -0.3 is 5.11 Å². The highest BCUT2D eigenvalue weighted by molar-refractivity contribution is 5.38. The Hall–Kier alpha value is -1.61. The summed E-state index contributed by atoms with van der Waals surface area (Å²) in [5, 5.41) is 14.6. The zero-order valence-electron chi connectivity index (χ0n) is 12.3. The number of aromatic nitrogens is 2. The first-order valence-corrected chi connectivity index (χ1v) is 7.33. The van der Waals surface area contributed by atoms with Gasteiger partial charge in [0.2, 0.25) is 0 Å². The number of aliphatic hydroxyl groups excluding tert-OH is 1. The van der Waals surface area contributed by atoms with E-state index >= 15 is 0 Å². The lowest BCUT2D eigenvalue weighted by atomic mass is 9.68. The molecule has 3 heteroatoms. The number of fused-ring (bicyclic) bond motifs is 1. The fraction of sp³-hybridized carbons (Fsp3) is 0.471. The van der Waals surface area contributed by atoms with Crippen LogP contribution in [0.1, 0.15) is 35.4 Å². The van der Waals surface area contributed by atoms with E-state index in [0.717, 1.165) is 31.4 Å². The summed E-state index contributed by atoms with van der Waals surface area (Å²) >= 11 is 0. The van der Waals surface area contributed by atoms with E-state index in [0.29, 0.717) is 0 Å². The van der Waals surface area contributed by atoms with Crippen LogP contribution >= 0.6 is 0 Å². The standard InChI is InChI=1S/C17H22N2O/c1-13-10-15(19(2)18-13)11-17(12-20)9-5-7-14-6-3-4-8-16(14)17/h3-4,6,8,10,20H,5,7,9,11-12H2,1-2H3. The molecule has 106 valence electrons. The molecule has 2 aromatic rings. The van der Waals surface area contributed by atoms with Gasteiger partial charge in [0.1, 0.15) is 0 Å². The summed E-state index contributed by atoms with van der Waals surface area (Å²) < 4.78 is 1.95. The van der Waals surface area contributed by atoms with Gasteiger partial charge in [0.25, 0.3) is 0 Å². The van der Waals surface area contributed by atoms with Crippen LogP contribution in [0.3, 0.4) is 0 Å². The van der Waals surface area contributed by atoms with Gasteiger partial charge in [-0.25, -0.2) is 0 Å². The molecule has 3 rings (SSSR count). The zero-order valence-corrected chi connectivity index (χ0v) is 12.3. The smallest absolute Gasteiger partial charge is 0.0596 e. The number of rotatable bonds is 3. The molecular formula is C17H22N2O. The van der Waals surface area contributed by atoms with E-state index in [1.165, 1.54) is 16.8 Å². The van der Waals surface area contributed by atoms with Crippen molar-refractivity contribution in [2.75, 3.05) is 6.61 Å². The number of benzene rings is 1. The van der Waals surface area contributed by atoms with Crippen molar-refractivity contribution in [3.05, 3.63) is 52.8 Å². The van der Waals surface area contributed by atoms with Crippen LogP contribution in [0.5, 0.6) is 0 Å². The normalized spacial score (nSPS) is 21.8. The first-order chi connectivity index (χ1) is 9.64. The predicted octanol–water partition coefficient (Wildman–Crippen LogP) is 2.54. The molecule has 1 N–H and O–H groups in total. The van der Waals surface area contributed by atoms with E-state index in [2.05, 4.69) is 35.4 Å². The van der Waals surface area contributed by atoms with Gasteiger partial charge in [-0.15, -0.1) is 0 Å². The Morgan fingerprint density at radius 1 is 1.35 bits per heavy atom. The third kappa shape index (κ3) is 2.16. The molecule has 0 bridgehead atoms. The van der Waals surface area contributed by atoms with Crippen LogP contribution in [0.2, 0.25) is 0 Å². The zero-order chi connectivity index (χ0) is 14.2. The fourth-order valence-electron chi connectivity index (χ4n) is 3.59.